The van der Waals surface area contributed by atoms with Gasteiger partial charge in [-0.15, -0.1) is 11.6 Å². The molecule has 1 rings (SSSR count). The van der Waals surface area contributed by atoms with Crippen LogP contribution in [0.25, 0.3) is 0 Å². The Morgan fingerprint density at radius 2 is 1.88 bits per heavy atom. The molecule has 1 aromatic rings. The molecule has 0 radical (unpaired) electrons. The monoisotopic (exact) mass is 252 g/mol. The minimum Gasteiger partial charge on any atom is -0.455 e. The Kier molecular flexibility index (Phi) is 4.18. The number of benzene rings is 1. The van der Waals surface area contributed by atoms with Gasteiger partial charge in [-0.2, -0.15) is 13.2 Å². The van der Waals surface area contributed by atoms with E-state index < -0.39 is 24.1 Å². The smallest absolute Gasteiger partial charge is 0.422 e. The number of halogens is 4. The lowest BCUT2D eigenvalue weighted by molar-refractivity contribution is -0.186. The van der Waals surface area contributed by atoms with E-state index >= 15 is 0 Å². The van der Waals surface area contributed by atoms with Gasteiger partial charge in [-0.25, -0.2) is 0 Å². The molecule has 0 N–H and O–H groups in total. The zero-order chi connectivity index (χ0) is 12.2. The van der Waals surface area contributed by atoms with Crippen molar-refractivity contribution in [2.24, 2.45) is 0 Å². The Balaban J connectivity index is 2.55. The predicted octanol–water partition coefficient (Wildman–Crippen LogP) is 3.07. The van der Waals surface area contributed by atoms with Crippen molar-refractivity contribution in [3.05, 3.63) is 35.9 Å². The maximum Gasteiger partial charge on any atom is 0.422 e. The van der Waals surface area contributed by atoms with Gasteiger partial charge in [0.25, 0.3) is 0 Å². The van der Waals surface area contributed by atoms with Crippen LogP contribution in [-0.4, -0.2) is 18.8 Å². The van der Waals surface area contributed by atoms with Crippen molar-refractivity contribution >= 4 is 17.6 Å². The lowest BCUT2D eigenvalue weighted by Gasteiger charge is -2.11. The molecule has 0 spiro atoms. The Morgan fingerprint density at radius 3 is 2.38 bits per heavy atom. The van der Waals surface area contributed by atoms with Gasteiger partial charge < -0.3 is 4.74 Å². The number of carbonyl (C=O) groups is 1. The van der Waals surface area contributed by atoms with E-state index in [2.05, 4.69) is 4.74 Å². The molecule has 0 saturated heterocycles. The van der Waals surface area contributed by atoms with E-state index in [0.717, 1.165) is 0 Å². The number of hydrogen-bond donors (Lipinski definition) is 0. The van der Waals surface area contributed by atoms with Gasteiger partial charge in [0.05, 0.1) is 0 Å². The van der Waals surface area contributed by atoms with Crippen LogP contribution in [0.5, 0.6) is 0 Å². The van der Waals surface area contributed by atoms with Gasteiger partial charge in [0.1, 0.15) is 0 Å². The average molecular weight is 253 g/mol. The Morgan fingerprint density at radius 1 is 1.31 bits per heavy atom. The molecule has 0 aliphatic carbocycles. The van der Waals surface area contributed by atoms with E-state index in [1.54, 1.807) is 18.2 Å². The summed E-state index contributed by atoms with van der Waals surface area (Å²) in [6.45, 7) is -1.62. The highest BCUT2D eigenvalue weighted by molar-refractivity contribution is 6.29. The molecular formula is C10H8ClF3O2. The SMILES string of the molecule is O=C(OCC(F)(F)F)C(Cl)c1ccccc1. The fraction of sp³-hybridized carbons (Fsp3) is 0.300. The van der Waals surface area contributed by atoms with Gasteiger partial charge in [-0.1, -0.05) is 30.3 Å². The summed E-state index contributed by atoms with van der Waals surface area (Å²) in [5.74, 6) is -1.11. The summed E-state index contributed by atoms with van der Waals surface area (Å²) < 4.78 is 39.3. The number of esters is 1. The van der Waals surface area contributed by atoms with E-state index in [1.807, 2.05) is 0 Å². The maximum absolute atomic E-state index is 11.8. The molecule has 6 heteroatoms. The molecule has 0 amide bonds. The molecule has 0 saturated carbocycles. The van der Waals surface area contributed by atoms with Gasteiger partial charge in [0, 0.05) is 0 Å². The van der Waals surface area contributed by atoms with Crippen LogP contribution in [0.1, 0.15) is 10.9 Å². The normalized spacial score (nSPS) is 13.2. The van der Waals surface area contributed by atoms with Crippen molar-refractivity contribution in [3.63, 3.8) is 0 Å². The van der Waals surface area contributed by atoms with E-state index in [-0.39, 0.29) is 0 Å². The molecule has 0 aliphatic heterocycles. The molecule has 1 unspecified atom stereocenters. The standard InChI is InChI=1S/C10H8ClF3O2/c11-8(7-4-2-1-3-5-7)9(15)16-6-10(12,13)14/h1-5,8H,6H2. The molecule has 88 valence electrons. The predicted molar refractivity (Wildman–Crippen MR) is 52.1 cm³/mol. The van der Waals surface area contributed by atoms with Gasteiger partial charge in [-0.05, 0) is 5.56 Å². The lowest BCUT2D eigenvalue weighted by Crippen LogP contribution is -2.22. The third-order valence-electron chi connectivity index (χ3n) is 1.68. The lowest BCUT2D eigenvalue weighted by atomic mass is 10.1. The van der Waals surface area contributed by atoms with Crippen molar-refractivity contribution in [1.29, 1.82) is 0 Å². The summed E-state index contributed by atoms with van der Waals surface area (Å²) >= 11 is 5.64. The summed E-state index contributed by atoms with van der Waals surface area (Å²) in [6.07, 6.45) is -4.54. The summed E-state index contributed by atoms with van der Waals surface area (Å²) in [6, 6.07) is 8.02. The molecule has 0 fully saturated rings. The van der Waals surface area contributed by atoms with Gasteiger partial charge in [0.2, 0.25) is 0 Å². The average Bonchev–Trinajstić information content (AvgIpc) is 2.25. The summed E-state index contributed by atoms with van der Waals surface area (Å²) in [5, 5.41) is -1.22. The maximum atomic E-state index is 11.8. The minimum absolute atomic E-state index is 0.399. The van der Waals surface area contributed by atoms with Crippen molar-refractivity contribution in [3.8, 4) is 0 Å². The first kappa shape index (κ1) is 12.8. The number of ether oxygens (including phenoxy) is 1. The van der Waals surface area contributed by atoms with Crippen LogP contribution >= 0.6 is 11.6 Å². The first-order chi connectivity index (χ1) is 7.40. The number of carbonyl (C=O) groups excluding carboxylic acids is 1. The number of hydrogen-bond acceptors (Lipinski definition) is 2. The Labute approximate surface area is 95.0 Å². The Hall–Kier alpha value is -1.23. The van der Waals surface area contributed by atoms with Crippen LogP contribution in [0.3, 0.4) is 0 Å². The van der Waals surface area contributed by atoms with E-state index in [4.69, 9.17) is 11.6 Å². The molecule has 0 aromatic heterocycles. The molecular weight excluding hydrogens is 245 g/mol. The largest absolute Gasteiger partial charge is 0.455 e. The van der Waals surface area contributed by atoms with Gasteiger partial charge in [0.15, 0.2) is 12.0 Å². The van der Waals surface area contributed by atoms with E-state index in [1.165, 1.54) is 12.1 Å². The molecule has 1 aromatic carbocycles. The van der Waals surface area contributed by atoms with Gasteiger partial charge in [-0.3, -0.25) is 4.79 Å². The second kappa shape index (κ2) is 5.21. The zero-order valence-electron chi connectivity index (χ0n) is 8.00. The second-order valence-corrected chi connectivity index (χ2v) is 3.43. The molecule has 0 aliphatic rings. The highest BCUT2D eigenvalue weighted by atomic mass is 35.5. The Bertz CT molecular complexity index is 351. The van der Waals surface area contributed by atoms with Crippen LogP contribution < -0.4 is 0 Å². The van der Waals surface area contributed by atoms with Crippen LogP contribution in [0, 0.1) is 0 Å². The first-order valence-corrected chi connectivity index (χ1v) is 4.76. The number of alkyl halides is 4. The van der Waals surface area contributed by atoms with Crippen molar-refractivity contribution in [2.75, 3.05) is 6.61 Å². The van der Waals surface area contributed by atoms with Crippen LogP contribution in [0.4, 0.5) is 13.2 Å². The molecule has 16 heavy (non-hydrogen) atoms. The fourth-order valence-corrected chi connectivity index (χ4v) is 1.19. The third kappa shape index (κ3) is 4.10. The molecule has 0 heterocycles. The zero-order valence-corrected chi connectivity index (χ0v) is 8.76. The van der Waals surface area contributed by atoms with Crippen LogP contribution in [-0.2, 0) is 9.53 Å². The molecule has 1 atom stereocenters. The van der Waals surface area contributed by atoms with Crippen LogP contribution in [0.15, 0.2) is 30.3 Å². The van der Waals surface area contributed by atoms with E-state index in [9.17, 15) is 18.0 Å². The third-order valence-corrected chi connectivity index (χ3v) is 2.11. The highest BCUT2D eigenvalue weighted by Crippen LogP contribution is 2.23. The topological polar surface area (TPSA) is 26.3 Å². The van der Waals surface area contributed by atoms with Crippen molar-refractivity contribution < 1.29 is 22.7 Å². The molecule has 0 bridgehead atoms. The van der Waals surface area contributed by atoms with E-state index in [0.29, 0.717) is 5.56 Å². The van der Waals surface area contributed by atoms with Crippen LogP contribution in [0.2, 0.25) is 0 Å². The summed E-state index contributed by atoms with van der Waals surface area (Å²) in [5.41, 5.74) is 0.399. The quantitative estimate of drug-likeness (QED) is 0.610. The fourth-order valence-electron chi connectivity index (χ4n) is 0.984. The van der Waals surface area contributed by atoms with Gasteiger partial charge >= 0.3 is 12.1 Å². The highest BCUT2D eigenvalue weighted by Gasteiger charge is 2.31. The van der Waals surface area contributed by atoms with Crippen molar-refractivity contribution in [1.82, 2.24) is 0 Å². The number of rotatable bonds is 3. The summed E-state index contributed by atoms with van der Waals surface area (Å²) in [4.78, 5) is 11.1. The minimum atomic E-state index is -4.54. The first-order valence-electron chi connectivity index (χ1n) is 4.32. The van der Waals surface area contributed by atoms with Crippen molar-refractivity contribution in [2.45, 2.75) is 11.6 Å². The molecule has 2 nitrogen and oxygen atoms in total. The summed E-state index contributed by atoms with van der Waals surface area (Å²) in [7, 11) is 0. The second-order valence-electron chi connectivity index (χ2n) is 3.00.